The number of hydrogen-bond acceptors (Lipinski definition) is 4. The van der Waals surface area contributed by atoms with E-state index < -0.39 is 12.1 Å². The van der Waals surface area contributed by atoms with Crippen molar-refractivity contribution >= 4 is 29.3 Å². The number of aromatic nitrogens is 3. The van der Waals surface area contributed by atoms with Crippen LogP contribution in [0.15, 0.2) is 41.3 Å². The van der Waals surface area contributed by atoms with Gasteiger partial charge in [-0.05, 0) is 37.6 Å². The monoisotopic (exact) mass is 467 g/mol. The third-order valence-corrected chi connectivity index (χ3v) is 6.63. The van der Waals surface area contributed by atoms with Crippen molar-refractivity contribution in [3.63, 3.8) is 0 Å². The van der Waals surface area contributed by atoms with E-state index in [1.54, 1.807) is 47.9 Å². The minimum absolute atomic E-state index is 0.128. The molecule has 0 bridgehead atoms. The van der Waals surface area contributed by atoms with E-state index in [1.165, 1.54) is 9.47 Å². The molecule has 2 aliphatic heterocycles. The van der Waals surface area contributed by atoms with Crippen molar-refractivity contribution in [3.05, 3.63) is 80.0 Å². The first-order valence-corrected chi connectivity index (χ1v) is 10.9. The normalized spacial score (nSPS) is 17.9. The molecule has 0 radical (unpaired) electrons. The van der Waals surface area contributed by atoms with Gasteiger partial charge in [-0.25, -0.2) is 4.79 Å². The molecule has 1 N–H and O–H groups in total. The molecule has 1 unspecified atom stereocenters. The predicted octanol–water partition coefficient (Wildman–Crippen LogP) is 3.14. The molecule has 9 nitrogen and oxygen atoms in total. The summed E-state index contributed by atoms with van der Waals surface area (Å²) in [4.78, 5) is 40.4. The molecule has 4 heterocycles. The van der Waals surface area contributed by atoms with Crippen molar-refractivity contribution in [2.45, 2.75) is 25.9 Å². The van der Waals surface area contributed by atoms with E-state index in [0.717, 1.165) is 11.1 Å². The summed E-state index contributed by atoms with van der Waals surface area (Å²) in [6.07, 6.45) is 0.671. The zero-order valence-electron chi connectivity index (χ0n) is 18.3. The second-order valence-electron chi connectivity index (χ2n) is 8.56. The van der Waals surface area contributed by atoms with Crippen LogP contribution in [0.4, 0.5) is 10.5 Å². The van der Waals surface area contributed by atoms with Crippen molar-refractivity contribution in [3.8, 4) is 0 Å². The molecule has 33 heavy (non-hydrogen) atoms. The molecule has 3 aromatic rings. The van der Waals surface area contributed by atoms with Crippen LogP contribution in [0, 0.1) is 13.8 Å². The van der Waals surface area contributed by atoms with Crippen LogP contribution in [0.2, 0.25) is 5.02 Å². The van der Waals surface area contributed by atoms with Crippen LogP contribution in [0.5, 0.6) is 0 Å². The topological polar surface area (TPSA) is 101 Å². The molecule has 2 amide bonds. The summed E-state index contributed by atoms with van der Waals surface area (Å²) < 4.78 is 3.14. The van der Waals surface area contributed by atoms with Gasteiger partial charge in [0.2, 0.25) is 0 Å². The lowest BCUT2D eigenvalue weighted by Crippen LogP contribution is -2.51. The van der Waals surface area contributed by atoms with Gasteiger partial charge in [-0.1, -0.05) is 23.7 Å². The second-order valence-corrected chi connectivity index (χ2v) is 9.00. The van der Waals surface area contributed by atoms with Gasteiger partial charge in [0.05, 0.1) is 23.5 Å². The summed E-state index contributed by atoms with van der Waals surface area (Å²) in [7, 11) is 1.66. The Kier molecular flexibility index (Phi) is 4.82. The number of aryl methyl sites for hydroxylation is 3. The van der Waals surface area contributed by atoms with E-state index >= 15 is 0 Å². The van der Waals surface area contributed by atoms with Gasteiger partial charge < -0.3 is 14.6 Å². The molecule has 1 fully saturated rings. The molecule has 5 rings (SSSR count). The Balaban J connectivity index is 1.67. The first-order valence-electron chi connectivity index (χ1n) is 10.5. The van der Waals surface area contributed by atoms with E-state index in [9.17, 15) is 19.5 Å². The Morgan fingerprint density at radius 3 is 2.42 bits per heavy atom. The zero-order chi connectivity index (χ0) is 23.6. The lowest BCUT2D eigenvalue weighted by Gasteiger charge is -2.37. The van der Waals surface area contributed by atoms with Crippen LogP contribution in [0.1, 0.15) is 45.0 Å². The number of halogens is 1. The third kappa shape index (κ3) is 3.22. The van der Waals surface area contributed by atoms with Crippen molar-refractivity contribution in [1.29, 1.82) is 0 Å². The van der Waals surface area contributed by atoms with Crippen LogP contribution >= 0.6 is 11.6 Å². The molecule has 1 aromatic carbocycles. The lowest BCUT2D eigenvalue weighted by molar-refractivity contribution is 0.0782. The average molecular weight is 468 g/mol. The van der Waals surface area contributed by atoms with E-state index in [0.29, 0.717) is 27.7 Å². The Morgan fingerprint density at radius 2 is 1.82 bits per heavy atom. The molecule has 0 aliphatic carbocycles. The number of nitrogens with zero attached hydrogens (tertiary/aromatic N) is 5. The summed E-state index contributed by atoms with van der Waals surface area (Å²) in [6, 6.07) is 8.37. The van der Waals surface area contributed by atoms with Crippen molar-refractivity contribution < 1.29 is 14.7 Å². The molecule has 1 saturated heterocycles. The lowest BCUT2D eigenvalue weighted by atomic mass is 9.98. The first-order chi connectivity index (χ1) is 15.7. The Hall–Kier alpha value is -3.59. The average Bonchev–Trinajstić information content (AvgIpc) is 3.21. The minimum atomic E-state index is -0.987. The summed E-state index contributed by atoms with van der Waals surface area (Å²) in [5, 5.41) is 14.4. The fourth-order valence-corrected chi connectivity index (χ4v) is 4.83. The number of pyridine rings is 1. The SMILES string of the molecule is Cc1nn(C2CN(C(=O)O)C2)c2c1C(c1ccc(Cl)cc1)N(c1cc(C)c(=O)n(C)c1)C2=O. The number of benzene rings is 1. The molecule has 10 heteroatoms. The van der Waals surface area contributed by atoms with Gasteiger partial charge in [0, 0.05) is 42.5 Å². The maximum Gasteiger partial charge on any atom is 0.407 e. The highest BCUT2D eigenvalue weighted by atomic mass is 35.5. The number of carboxylic acid groups (broad SMARTS) is 1. The van der Waals surface area contributed by atoms with Gasteiger partial charge >= 0.3 is 6.09 Å². The Labute approximate surface area is 194 Å². The molecular weight excluding hydrogens is 446 g/mol. The number of likely N-dealkylation sites (tertiary alicyclic amines) is 1. The molecule has 0 saturated carbocycles. The van der Waals surface area contributed by atoms with Gasteiger partial charge in [-0.2, -0.15) is 5.10 Å². The highest BCUT2D eigenvalue weighted by Gasteiger charge is 2.46. The van der Waals surface area contributed by atoms with Gasteiger partial charge in [0.1, 0.15) is 5.69 Å². The predicted molar refractivity (Wildman–Crippen MR) is 122 cm³/mol. The van der Waals surface area contributed by atoms with E-state index in [2.05, 4.69) is 5.10 Å². The largest absolute Gasteiger partial charge is 0.465 e. The van der Waals surface area contributed by atoms with Crippen LogP contribution in [0.25, 0.3) is 0 Å². The molecule has 1 atom stereocenters. The van der Waals surface area contributed by atoms with E-state index in [4.69, 9.17) is 11.6 Å². The molecule has 170 valence electrons. The van der Waals surface area contributed by atoms with Crippen LogP contribution in [0.3, 0.4) is 0 Å². The zero-order valence-corrected chi connectivity index (χ0v) is 19.1. The highest BCUT2D eigenvalue weighted by molar-refractivity contribution is 6.30. The van der Waals surface area contributed by atoms with Crippen molar-refractivity contribution in [1.82, 2.24) is 19.2 Å². The number of rotatable bonds is 3. The van der Waals surface area contributed by atoms with Crippen LogP contribution in [-0.4, -0.2) is 49.4 Å². The highest BCUT2D eigenvalue weighted by Crippen LogP contribution is 2.44. The number of carbonyl (C=O) groups is 2. The molecule has 2 aliphatic rings. The van der Waals surface area contributed by atoms with Crippen molar-refractivity contribution in [2.75, 3.05) is 18.0 Å². The number of anilines is 1. The number of carbonyl (C=O) groups excluding carboxylic acids is 1. The maximum atomic E-state index is 13.9. The summed E-state index contributed by atoms with van der Waals surface area (Å²) in [5.41, 5.74) is 3.80. The molecular formula is C23H22ClN5O4. The summed E-state index contributed by atoms with van der Waals surface area (Å²) in [5.74, 6) is -0.239. The van der Waals surface area contributed by atoms with Gasteiger partial charge in [-0.15, -0.1) is 0 Å². The molecule has 2 aromatic heterocycles. The number of hydrogen-bond donors (Lipinski definition) is 1. The second kappa shape index (κ2) is 7.48. The third-order valence-electron chi connectivity index (χ3n) is 6.38. The molecule has 0 spiro atoms. The van der Waals surface area contributed by atoms with Crippen LogP contribution in [-0.2, 0) is 7.05 Å². The Morgan fingerprint density at radius 1 is 1.15 bits per heavy atom. The fourth-order valence-electron chi connectivity index (χ4n) is 4.71. The van der Waals surface area contributed by atoms with E-state index in [1.807, 2.05) is 19.1 Å². The number of fused-ring (bicyclic) bond motifs is 1. The summed E-state index contributed by atoms with van der Waals surface area (Å²) >= 11 is 6.11. The fraction of sp³-hybridized carbons (Fsp3) is 0.304. The van der Waals surface area contributed by atoms with Gasteiger partial charge in [0.15, 0.2) is 0 Å². The Bertz CT molecular complexity index is 1330. The smallest absolute Gasteiger partial charge is 0.407 e. The van der Waals surface area contributed by atoms with Crippen molar-refractivity contribution in [2.24, 2.45) is 7.05 Å². The minimum Gasteiger partial charge on any atom is -0.465 e. The van der Waals surface area contributed by atoms with Gasteiger partial charge in [-0.3, -0.25) is 19.2 Å². The van der Waals surface area contributed by atoms with Crippen LogP contribution < -0.4 is 10.5 Å². The van der Waals surface area contributed by atoms with E-state index in [-0.39, 0.29) is 30.6 Å². The number of amides is 2. The van der Waals surface area contributed by atoms with Gasteiger partial charge in [0.25, 0.3) is 11.5 Å². The standard InChI is InChI=1S/C23H22ClN5O4/c1-12-8-16(9-26(3)21(12)30)28-19(14-4-6-15(24)7-5-14)18-13(2)25-29(20(18)22(28)31)17-10-27(11-17)23(32)33/h4-9,17,19H,10-11H2,1-3H3,(H,32,33). The maximum absolute atomic E-state index is 13.9. The summed E-state index contributed by atoms with van der Waals surface area (Å²) in [6.45, 7) is 4.13. The first kappa shape index (κ1) is 21.3. The quantitative estimate of drug-likeness (QED) is 0.637.